The van der Waals surface area contributed by atoms with Gasteiger partial charge in [-0.05, 0) is 0 Å². The molecule has 0 spiro atoms. The van der Waals surface area contributed by atoms with Crippen LogP contribution in [0.25, 0.3) is 11.2 Å². The highest BCUT2D eigenvalue weighted by atomic mass is 16.2. The van der Waals surface area contributed by atoms with E-state index in [-0.39, 0.29) is 11.3 Å². The molecule has 2 N–H and O–H groups in total. The second-order valence-corrected chi connectivity index (χ2v) is 5.18. The highest BCUT2D eigenvalue weighted by molar-refractivity contribution is 5.81. The first-order valence-electron chi connectivity index (χ1n) is 5.90. The maximum Gasteiger partial charge on any atom is 0.225 e. The third-order valence-corrected chi connectivity index (χ3v) is 2.63. The first-order valence-corrected chi connectivity index (χ1v) is 5.90. The van der Waals surface area contributed by atoms with E-state index >= 15 is 0 Å². The van der Waals surface area contributed by atoms with Gasteiger partial charge in [0.25, 0.3) is 0 Å². The minimum atomic E-state index is -0.366. The monoisotopic (exact) mass is 247 g/mol. The Morgan fingerprint density at radius 1 is 1.33 bits per heavy atom. The normalized spacial score (nSPS) is 11.7. The topological polar surface area (TPSA) is 83.6 Å². The summed E-state index contributed by atoms with van der Waals surface area (Å²) in [7, 11) is 0. The fourth-order valence-electron chi connectivity index (χ4n) is 1.56. The van der Waals surface area contributed by atoms with Crippen molar-refractivity contribution < 1.29 is 4.79 Å². The van der Waals surface area contributed by atoms with Crippen LogP contribution in [0, 0.1) is 5.41 Å². The van der Waals surface area contributed by atoms with Crippen LogP contribution in [0.3, 0.4) is 0 Å². The van der Waals surface area contributed by atoms with E-state index in [9.17, 15) is 4.79 Å². The highest BCUT2D eigenvalue weighted by Crippen LogP contribution is 2.13. The Hall–Kier alpha value is -1.98. The van der Waals surface area contributed by atoms with Gasteiger partial charge in [0.05, 0.1) is 12.0 Å². The molecule has 1 amide bonds. The molecule has 2 heterocycles. The van der Waals surface area contributed by atoms with Crippen LogP contribution in [0.15, 0.2) is 12.7 Å². The zero-order valence-corrected chi connectivity index (χ0v) is 10.8. The van der Waals surface area contributed by atoms with Crippen molar-refractivity contribution in [3.63, 3.8) is 0 Å². The maximum absolute atomic E-state index is 11.7. The molecular formula is C12H17N5O. The largest absolute Gasteiger partial charge is 0.355 e. The van der Waals surface area contributed by atoms with Crippen molar-refractivity contribution in [3.8, 4) is 0 Å². The van der Waals surface area contributed by atoms with Crippen molar-refractivity contribution in [2.45, 2.75) is 27.2 Å². The summed E-state index contributed by atoms with van der Waals surface area (Å²) in [5.41, 5.74) is 1.99. The van der Waals surface area contributed by atoms with Gasteiger partial charge >= 0.3 is 0 Å². The standard InChI is InChI=1S/C12H17N5O/c1-12(2,3)11(18)13-5-4-8-9-10(16-6-14-8)17-7-15-9/h6-7H,4-5H2,1-3H3,(H,13,18)(H,14,15,16,17). The Balaban J connectivity index is 1.99. The maximum atomic E-state index is 11.7. The van der Waals surface area contributed by atoms with Gasteiger partial charge in [-0.1, -0.05) is 20.8 Å². The number of amides is 1. The van der Waals surface area contributed by atoms with Crippen molar-refractivity contribution in [2.75, 3.05) is 6.54 Å². The second-order valence-electron chi connectivity index (χ2n) is 5.18. The average Bonchev–Trinajstić information content (AvgIpc) is 2.76. The summed E-state index contributed by atoms with van der Waals surface area (Å²) in [4.78, 5) is 27.0. The molecule has 0 saturated carbocycles. The van der Waals surface area contributed by atoms with E-state index in [1.54, 1.807) is 6.33 Å². The lowest BCUT2D eigenvalue weighted by Crippen LogP contribution is -2.36. The zero-order chi connectivity index (χ0) is 13.2. The fourth-order valence-corrected chi connectivity index (χ4v) is 1.56. The summed E-state index contributed by atoms with van der Waals surface area (Å²) in [6, 6.07) is 0. The minimum Gasteiger partial charge on any atom is -0.355 e. The molecule has 0 aromatic carbocycles. The van der Waals surface area contributed by atoms with Crippen molar-refractivity contribution in [2.24, 2.45) is 5.41 Å². The first-order chi connectivity index (χ1) is 8.48. The summed E-state index contributed by atoms with van der Waals surface area (Å²) in [5, 5.41) is 2.89. The van der Waals surface area contributed by atoms with E-state index in [0.717, 1.165) is 11.2 Å². The molecule has 0 fully saturated rings. The number of hydrogen-bond donors (Lipinski definition) is 2. The van der Waals surface area contributed by atoms with Gasteiger partial charge in [-0.25, -0.2) is 15.0 Å². The lowest BCUT2D eigenvalue weighted by atomic mass is 9.96. The molecule has 0 radical (unpaired) electrons. The second kappa shape index (κ2) is 4.72. The number of nitrogens with one attached hydrogen (secondary N) is 2. The molecule has 0 aliphatic rings. The van der Waals surface area contributed by atoms with Crippen LogP contribution in [-0.2, 0) is 11.2 Å². The van der Waals surface area contributed by atoms with Crippen molar-refractivity contribution in [1.82, 2.24) is 25.3 Å². The number of carbonyl (C=O) groups excluding carboxylic acids is 1. The Labute approximate surface area is 105 Å². The van der Waals surface area contributed by atoms with E-state index in [4.69, 9.17) is 0 Å². The van der Waals surface area contributed by atoms with Gasteiger partial charge < -0.3 is 10.3 Å². The quantitative estimate of drug-likeness (QED) is 0.849. The van der Waals surface area contributed by atoms with Crippen molar-refractivity contribution in [3.05, 3.63) is 18.3 Å². The van der Waals surface area contributed by atoms with Gasteiger partial charge in [0, 0.05) is 18.4 Å². The Bertz CT molecular complexity index is 555. The third-order valence-electron chi connectivity index (χ3n) is 2.63. The molecule has 2 aromatic heterocycles. The molecule has 6 nitrogen and oxygen atoms in total. The minimum absolute atomic E-state index is 0.0393. The number of H-pyrrole nitrogens is 1. The average molecular weight is 247 g/mol. The molecule has 0 saturated heterocycles. The molecule has 0 bridgehead atoms. The number of fused-ring (bicyclic) bond motifs is 1. The van der Waals surface area contributed by atoms with Crippen LogP contribution < -0.4 is 5.32 Å². The zero-order valence-electron chi connectivity index (χ0n) is 10.8. The van der Waals surface area contributed by atoms with Crippen LogP contribution in [0.5, 0.6) is 0 Å². The van der Waals surface area contributed by atoms with Crippen LogP contribution in [0.2, 0.25) is 0 Å². The predicted molar refractivity (Wildman–Crippen MR) is 67.9 cm³/mol. The highest BCUT2D eigenvalue weighted by Gasteiger charge is 2.20. The van der Waals surface area contributed by atoms with Gasteiger partial charge in [-0.2, -0.15) is 0 Å². The Morgan fingerprint density at radius 2 is 2.11 bits per heavy atom. The number of nitrogens with zero attached hydrogens (tertiary/aromatic N) is 3. The van der Waals surface area contributed by atoms with E-state index in [1.807, 2.05) is 20.8 Å². The Kier molecular flexibility index (Phi) is 3.27. The summed E-state index contributed by atoms with van der Waals surface area (Å²) in [5.74, 6) is 0.0393. The van der Waals surface area contributed by atoms with Gasteiger partial charge in [0.2, 0.25) is 5.91 Å². The number of aromatic nitrogens is 4. The lowest BCUT2D eigenvalue weighted by molar-refractivity contribution is -0.128. The van der Waals surface area contributed by atoms with Gasteiger partial charge in [-0.15, -0.1) is 0 Å². The Morgan fingerprint density at radius 3 is 2.83 bits per heavy atom. The molecule has 0 aliphatic heterocycles. The smallest absolute Gasteiger partial charge is 0.225 e. The first kappa shape index (κ1) is 12.5. The van der Waals surface area contributed by atoms with Gasteiger partial charge in [0.15, 0.2) is 5.65 Å². The van der Waals surface area contributed by atoms with E-state index in [2.05, 4.69) is 25.3 Å². The lowest BCUT2D eigenvalue weighted by Gasteiger charge is -2.17. The number of hydrogen-bond acceptors (Lipinski definition) is 4. The van der Waals surface area contributed by atoms with E-state index in [1.165, 1.54) is 6.33 Å². The van der Waals surface area contributed by atoms with Crippen molar-refractivity contribution in [1.29, 1.82) is 0 Å². The summed E-state index contributed by atoms with van der Waals surface area (Å²) in [6.45, 7) is 6.22. The van der Waals surface area contributed by atoms with Crippen LogP contribution >= 0.6 is 0 Å². The van der Waals surface area contributed by atoms with Crippen LogP contribution in [0.1, 0.15) is 26.5 Å². The summed E-state index contributed by atoms with van der Waals surface area (Å²) < 4.78 is 0. The summed E-state index contributed by atoms with van der Waals surface area (Å²) in [6.07, 6.45) is 3.74. The van der Waals surface area contributed by atoms with Crippen molar-refractivity contribution >= 4 is 17.1 Å². The number of rotatable bonds is 3. The summed E-state index contributed by atoms with van der Waals surface area (Å²) >= 11 is 0. The molecule has 2 aromatic rings. The number of imidazole rings is 1. The van der Waals surface area contributed by atoms with Gasteiger partial charge in [-0.3, -0.25) is 4.79 Å². The van der Waals surface area contributed by atoms with Crippen LogP contribution in [-0.4, -0.2) is 32.4 Å². The molecular weight excluding hydrogens is 230 g/mol. The molecule has 0 unspecified atom stereocenters. The third kappa shape index (κ3) is 2.64. The number of carbonyl (C=O) groups is 1. The van der Waals surface area contributed by atoms with Gasteiger partial charge in [0.1, 0.15) is 11.8 Å². The molecule has 96 valence electrons. The molecule has 6 heteroatoms. The van der Waals surface area contributed by atoms with Crippen LogP contribution in [0.4, 0.5) is 0 Å². The molecule has 18 heavy (non-hydrogen) atoms. The molecule has 2 rings (SSSR count). The fraction of sp³-hybridized carbons (Fsp3) is 0.500. The number of aromatic amines is 1. The SMILES string of the molecule is CC(C)(C)C(=O)NCCc1ncnc2nc[nH]c12. The van der Waals surface area contributed by atoms with E-state index in [0.29, 0.717) is 18.6 Å². The van der Waals surface area contributed by atoms with E-state index < -0.39 is 0 Å². The molecule has 0 atom stereocenters. The molecule has 0 aliphatic carbocycles. The predicted octanol–water partition coefficient (Wildman–Crippen LogP) is 1.06.